The molecule has 0 atom stereocenters. The molecule has 0 amide bonds. The van der Waals surface area contributed by atoms with Gasteiger partial charge in [0.1, 0.15) is 0 Å². The van der Waals surface area contributed by atoms with Crippen molar-refractivity contribution in [2.75, 3.05) is 19.8 Å². The monoisotopic (exact) mass is 240 g/mol. The quantitative estimate of drug-likeness (QED) is 0.573. The Balaban J connectivity index is 1.61. The zero-order valence-corrected chi connectivity index (χ0v) is 11.0. The van der Waals surface area contributed by atoms with Crippen molar-refractivity contribution in [1.82, 2.24) is 0 Å². The van der Waals surface area contributed by atoms with E-state index in [1.165, 1.54) is 18.4 Å². The lowest BCUT2D eigenvalue weighted by atomic mass is 9.95. The summed E-state index contributed by atoms with van der Waals surface area (Å²) in [6.07, 6.45) is 7.58. The lowest BCUT2D eigenvalue weighted by Gasteiger charge is -2.36. The first kappa shape index (κ1) is 13.1. The van der Waals surface area contributed by atoms with Crippen LogP contribution >= 0.6 is 0 Å². The van der Waals surface area contributed by atoms with Gasteiger partial charge in [-0.15, -0.1) is 0 Å². The lowest BCUT2D eigenvalue weighted by molar-refractivity contribution is -0.230. The number of aliphatic hydroxyl groups is 1. The third kappa shape index (κ3) is 3.30. The Morgan fingerprint density at radius 2 is 1.76 bits per heavy atom. The Bertz CT molecular complexity index is 284. The summed E-state index contributed by atoms with van der Waals surface area (Å²) < 4.78 is 11.7. The van der Waals surface area contributed by atoms with Gasteiger partial charge in [0.15, 0.2) is 0 Å². The van der Waals surface area contributed by atoms with Gasteiger partial charge in [-0.2, -0.15) is 0 Å². The SMILES string of the molecule is CC1(C)COC2(C=C2CCCCCCO)OC1. The van der Waals surface area contributed by atoms with E-state index >= 15 is 0 Å². The van der Waals surface area contributed by atoms with Crippen LogP contribution in [0.15, 0.2) is 11.6 Å². The van der Waals surface area contributed by atoms with Crippen molar-refractivity contribution < 1.29 is 14.6 Å². The van der Waals surface area contributed by atoms with E-state index in [9.17, 15) is 0 Å². The van der Waals surface area contributed by atoms with Crippen molar-refractivity contribution in [2.24, 2.45) is 5.41 Å². The molecule has 1 fully saturated rings. The smallest absolute Gasteiger partial charge is 0.211 e. The molecular weight excluding hydrogens is 216 g/mol. The molecule has 2 rings (SSSR count). The highest BCUT2D eigenvalue weighted by Crippen LogP contribution is 2.47. The van der Waals surface area contributed by atoms with Crippen LogP contribution < -0.4 is 0 Å². The van der Waals surface area contributed by atoms with Gasteiger partial charge in [-0.3, -0.25) is 0 Å². The number of hydrogen-bond acceptors (Lipinski definition) is 3. The van der Waals surface area contributed by atoms with Crippen LogP contribution in [0.2, 0.25) is 0 Å². The fraction of sp³-hybridized carbons (Fsp3) is 0.857. The minimum atomic E-state index is -0.410. The fourth-order valence-corrected chi connectivity index (χ4v) is 2.18. The van der Waals surface area contributed by atoms with Crippen LogP contribution in [-0.4, -0.2) is 30.7 Å². The van der Waals surface area contributed by atoms with Gasteiger partial charge in [-0.25, -0.2) is 0 Å². The van der Waals surface area contributed by atoms with Crippen molar-refractivity contribution in [3.8, 4) is 0 Å². The molecule has 0 aromatic heterocycles. The molecule has 1 aliphatic carbocycles. The third-order valence-electron chi connectivity index (χ3n) is 3.44. The van der Waals surface area contributed by atoms with Gasteiger partial charge in [0.25, 0.3) is 0 Å². The van der Waals surface area contributed by atoms with E-state index in [4.69, 9.17) is 14.6 Å². The summed E-state index contributed by atoms with van der Waals surface area (Å²) in [6.45, 7) is 6.19. The Kier molecular flexibility index (Phi) is 3.91. The van der Waals surface area contributed by atoms with Crippen molar-refractivity contribution >= 4 is 0 Å². The molecule has 2 aliphatic rings. The lowest BCUT2D eigenvalue weighted by Crippen LogP contribution is -2.40. The van der Waals surface area contributed by atoms with Crippen molar-refractivity contribution in [2.45, 2.75) is 51.7 Å². The predicted molar refractivity (Wildman–Crippen MR) is 66.7 cm³/mol. The average Bonchev–Trinajstić information content (AvgIpc) is 2.97. The highest BCUT2D eigenvalue weighted by atomic mass is 16.7. The highest BCUT2D eigenvalue weighted by molar-refractivity contribution is 5.39. The predicted octanol–water partition coefficient (Wildman–Crippen LogP) is 2.64. The van der Waals surface area contributed by atoms with Gasteiger partial charge in [0, 0.05) is 12.0 Å². The molecule has 1 spiro atoms. The molecule has 0 aromatic carbocycles. The Morgan fingerprint density at radius 1 is 1.12 bits per heavy atom. The van der Waals surface area contributed by atoms with Crippen molar-refractivity contribution in [3.63, 3.8) is 0 Å². The van der Waals surface area contributed by atoms with Crippen LogP contribution in [0.5, 0.6) is 0 Å². The van der Waals surface area contributed by atoms with Gasteiger partial charge >= 0.3 is 0 Å². The van der Waals surface area contributed by atoms with Crippen molar-refractivity contribution in [1.29, 1.82) is 0 Å². The van der Waals surface area contributed by atoms with E-state index < -0.39 is 5.79 Å². The summed E-state index contributed by atoms with van der Waals surface area (Å²) in [5, 5.41) is 8.68. The van der Waals surface area contributed by atoms with Gasteiger partial charge in [0.05, 0.1) is 13.2 Å². The molecule has 0 bridgehead atoms. The second kappa shape index (κ2) is 5.09. The number of rotatable bonds is 6. The molecule has 17 heavy (non-hydrogen) atoms. The van der Waals surface area contributed by atoms with Gasteiger partial charge in [-0.1, -0.05) is 26.7 Å². The molecule has 3 nitrogen and oxygen atoms in total. The zero-order valence-electron chi connectivity index (χ0n) is 11.0. The van der Waals surface area contributed by atoms with Gasteiger partial charge < -0.3 is 14.6 Å². The number of unbranched alkanes of at least 4 members (excludes halogenated alkanes) is 3. The second-order valence-electron chi connectivity index (χ2n) is 5.97. The Labute approximate surface area is 104 Å². The minimum absolute atomic E-state index is 0.147. The highest BCUT2D eigenvalue weighted by Gasteiger charge is 2.50. The van der Waals surface area contributed by atoms with Gasteiger partial charge in [0.2, 0.25) is 5.79 Å². The normalized spacial score (nSPS) is 24.8. The van der Waals surface area contributed by atoms with Crippen LogP contribution in [0.4, 0.5) is 0 Å². The molecule has 1 saturated heterocycles. The maximum atomic E-state index is 8.68. The Morgan fingerprint density at radius 3 is 2.41 bits per heavy atom. The summed E-state index contributed by atoms with van der Waals surface area (Å²) >= 11 is 0. The molecule has 0 aromatic rings. The molecular formula is C14H24O3. The summed E-state index contributed by atoms with van der Waals surface area (Å²) in [7, 11) is 0. The average molecular weight is 240 g/mol. The van der Waals surface area contributed by atoms with Crippen LogP contribution in [0.3, 0.4) is 0 Å². The first-order valence-electron chi connectivity index (χ1n) is 6.69. The number of hydrogen-bond donors (Lipinski definition) is 1. The maximum absolute atomic E-state index is 8.68. The summed E-state index contributed by atoms with van der Waals surface area (Å²) in [5.74, 6) is -0.410. The molecule has 3 heteroatoms. The molecule has 1 heterocycles. The molecule has 1 aliphatic heterocycles. The molecule has 0 radical (unpaired) electrons. The van der Waals surface area contributed by atoms with Crippen LogP contribution in [0, 0.1) is 5.41 Å². The van der Waals surface area contributed by atoms with Crippen molar-refractivity contribution in [3.05, 3.63) is 11.6 Å². The maximum Gasteiger partial charge on any atom is 0.211 e. The number of aliphatic hydroxyl groups excluding tert-OH is 1. The fourth-order valence-electron chi connectivity index (χ4n) is 2.18. The van der Waals surface area contributed by atoms with Crippen LogP contribution in [0.1, 0.15) is 46.0 Å². The van der Waals surface area contributed by atoms with E-state index in [2.05, 4.69) is 19.9 Å². The Hall–Kier alpha value is -0.380. The first-order chi connectivity index (χ1) is 8.08. The standard InChI is InChI=1S/C14H24O3/c1-13(2)10-16-14(17-11-13)9-12(14)7-5-3-4-6-8-15/h9,15H,3-8,10-11H2,1-2H3. The van der Waals surface area contributed by atoms with E-state index in [-0.39, 0.29) is 5.41 Å². The summed E-state index contributed by atoms with van der Waals surface area (Å²) in [6, 6.07) is 0. The van der Waals surface area contributed by atoms with E-state index in [1.54, 1.807) is 0 Å². The van der Waals surface area contributed by atoms with E-state index in [0.29, 0.717) is 6.61 Å². The summed E-state index contributed by atoms with van der Waals surface area (Å²) in [5.41, 5.74) is 1.46. The second-order valence-corrected chi connectivity index (χ2v) is 5.97. The van der Waals surface area contributed by atoms with Crippen LogP contribution in [-0.2, 0) is 9.47 Å². The molecule has 98 valence electrons. The molecule has 0 unspecified atom stereocenters. The molecule has 1 N–H and O–H groups in total. The largest absolute Gasteiger partial charge is 0.396 e. The van der Waals surface area contributed by atoms with E-state index in [0.717, 1.165) is 32.5 Å². The van der Waals surface area contributed by atoms with E-state index in [1.807, 2.05) is 0 Å². The third-order valence-corrected chi connectivity index (χ3v) is 3.44. The zero-order chi connectivity index (χ0) is 12.4. The minimum Gasteiger partial charge on any atom is -0.396 e. The van der Waals surface area contributed by atoms with Crippen LogP contribution in [0.25, 0.3) is 0 Å². The van der Waals surface area contributed by atoms with Gasteiger partial charge in [-0.05, 0) is 30.9 Å². The summed E-state index contributed by atoms with van der Waals surface area (Å²) in [4.78, 5) is 0. The first-order valence-corrected chi connectivity index (χ1v) is 6.69. The topological polar surface area (TPSA) is 38.7 Å². The molecule has 0 saturated carbocycles. The number of ether oxygens (including phenoxy) is 2.